The van der Waals surface area contributed by atoms with Crippen molar-refractivity contribution < 1.29 is 22.9 Å². The number of non-ortho nitro benzene ring substituents is 1. The number of carbonyl (C=O) groups excluding carboxylic acids is 1. The number of hydrogen-bond acceptors (Lipinski definition) is 4. The average molecular weight is 381 g/mol. The van der Waals surface area contributed by atoms with Gasteiger partial charge in [-0.1, -0.05) is 18.2 Å². The van der Waals surface area contributed by atoms with Crippen molar-refractivity contribution in [1.29, 1.82) is 0 Å². The van der Waals surface area contributed by atoms with Crippen molar-refractivity contribution in [3.63, 3.8) is 0 Å². The molecule has 2 rings (SSSR count). The number of aryl methyl sites for hydroxylation is 1. The normalized spacial score (nSPS) is 11.5. The standard InChI is InChI=1S/C18H18F3N3O3/c1-12-3-8-15(24(26)27)9-16(12)22-17(25)11-23(2)10-13-4-6-14(7-5-13)18(19,20)21/h3-9H,10-11H2,1-2H3,(H,22,25). The number of hydrogen-bond donors (Lipinski definition) is 1. The molecule has 1 N–H and O–H groups in total. The first-order valence-corrected chi connectivity index (χ1v) is 7.96. The second-order valence-corrected chi connectivity index (χ2v) is 6.17. The smallest absolute Gasteiger partial charge is 0.324 e. The fourth-order valence-electron chi connectivity index (χ4n) is 2.46. The SMILES string of the molecule is Cc1ccc([N+](=O)[O-])cc1NC(=O)CN(C)Cc1ccc(C(F)(F)F)cc1. The van der Waals surface area contributed by atoms with E-state index in [0.29, 0.717) is 16.8 Å². The maximum Gasteiger partial charge on any atom is 0.416 e. The number of nitro benzene ring substituents is 1. The highest BCUT2D eigenvalue weighted by Crippen LogP contribution is 2.29. The van der Waals surface area contributed by atoms with E-state index in [1.54, 1.807) is 24.9 Å². The molecule has 9 heteroatoms. The molecule has 0 aliphatic carbocycles. The van der Waals surface area contributed by atoms with Gasteiger partial charge in [-0.05, 0) is 37.2 Å². The molecule has 0 aliphatic rings. The molecule has 0 fully saturated rings. The average Bonchev–Trinajstić information content (AvgIpc) is 2.56. The number of nitro groups is 1. The highest BCUT2D eigenvalue weighted by atomic mass is 19.4. The molecule has 0 heterocycles. The summed E-state index contributed by atoms with van der Waals surface area (Å²) in [6.45, 7) is 1.97. The molecule has 0 aliphatic heterocycles. The molecular formula is C18H18F3N3O3. The predicted octanol–water partition coefficient (Wildman–Crippen LogP) is 3.99. The number of amides is 1. The maximum atomic E-state index is 12.6. The maximum absolute atomic E-state index is 12.6. The molecule has 0 atom stereocenters. The zero-order valence-corrected chi connectivity index (χ0v) is 14.7. The lowest BCUT2D eigenvalue weighted by molar-refractivity contribution is -0.384. The summed E-state index contributed by atoms with van der Waals surface area (Å²) < 4.78 is 37.7. The van der Waals surface area contributed by atoms with E-state index >= 15 is 0 Å². The Kier molecular flexibility index (Phi) is 6.17. The third-order valence-corrected chi connectivity index (χ3v) is 3.85. The van der Waals surface area contributed by atoms with Gasteiger partial charge in [0.05, 0.1) is 22.7 Å². The van der Waals surface area contributed by atoms with Crippen LogP contribution in [0.1, 0.15) is 16.7 Å². The van der Waals surface area contributed by atoms with Crippen LogP contribution in [0, 0.1) is 17.0 Å². The van der Waals surface area contributed by atoms with Gasteiger partial charge in [-0.3, -0.25) is 19.8 Å². The molecule has 27 heavy (non-hydrogen) atoms. The Hall–Kier alpha value is -2.94. The highest BCUT2D eigenvalue weighted by molar-refractivity contribution is 5.93. The first-order chi connectivity index (χ1) is 12.6. The minimum Gasteiger partial charge on any atom is -0.324 e. The minimum atomic E-state index is -4.39. The van der Waals surface area contributed by atoms with E-state index in [4.69, 9.17) is 0 Å². The van der Waals surface area contributed by atoms with E-state index in [2.05, 4.69) is 5.32 Å². The zero-order chi connectivity index (χ0) is 20.2. The largest absolute Gasteiger partial charge is 0.416 e. The summed E-state index contributed by atoms with van der Waals surface area (Å²) in [5.74, 6) is -0.381. The molecule has 0 saturated carbocycles. The van der Waals surface area contributed by atoms with Gasteiger partial charge in [0.2, 0.25) is 5.91 Å². The molecule has 0 bridgehead atoms. The van der Waals surface area contributed by atoms with E-state index in [0.717, 1.165) is 12.1 Å². The first kappa shape index (κ1) is 20.4. The van der Waals surface area contributed by atoms with Crippen LogP contribution in [0.5, 0.6) is 0 Å². The van der Waals surface area contributed by atoms with Crippen LogP contribution in [0.3, 0.4) is 0 Å². The third kappa shape index (κ3) is 5.78. The number of nitrogens with one attached hydrogen (secondary N) is 1. The number of nitrogens with zero attached hydrogens (tertiary/aromatic N) is 2. The molecule has 0 spiro atoms. The van der Waals surface area contributed by atoms with Crippen LogP contribution in [0.25, 0.3) is 0 Å². The van der Waals surface area contributed by atoms with Gasteiger partial charge < -0.3 is 5.32 Å². The van der Waals surface area contributed by atoms with Crippen molar-refractivity contribution in [2.75, 3.05) is 18.9 Å². The molecule has 0 radical (unpaired) electrons. The lowest BCUT2D eigenvalue weighted by Gasteiger charge is -2.17. The van der Waals surface area contributed by atoms with Crippen LogP contribution >= 0.6 is 0 Å². The van der Waals surface area contributed by atoms with Crippen LogP contribution in [0.15, 0.2) is 42.5 Å². The fourth-order valence-corrected chi connectivity index (χ4v) is 2.46. The summed E-state index contributed by atoms with van der Waals surface area (Å²) in [7, 11) is 1.65. The van der Waals surface area contributed by atoms with Gasteiger partial charge in [0.1, 0.15) is 0 Å². The van der Waals surface area contributed by atoms with E-state index < -0.39 is 16.7 Å². The van der Waals surface area contributed by atoms with Gasteiger partial charge in [0.15, 0.2) is 0 Å². The van der Waals surface area contributed by atoms with Gasteiger partial charge in [-0.2, -0.15) is 13.2 Å². The van der Waals surface area contributed by atoms with Crippen molar-refractivity contribution >= 4 is 17.3 Å². The first-order valence-electron chi connectivity index (χ1n) is 7.96. The Morgan fingerprint density at radius 3 is 2.37 bits per heavy atom. The summed E-state index contributed by atoms with van der Waals surface area (Å²) in [6.07, 6.45) is -4.39. The number of likely N-dealkylation sites (N-methyl/N-ethyl adjacent to an activating group) is 1. The molecule has 0 saturated heterocycles. The highest BCUT2D eigenvalue weighted by Gasteiger charge is 2.29. The quantitative estimate of drug-likeness (QED) is 0.606. The van der Waals surface area contributed by atoms with Crippen molar-refractivity contribution in [2.24, 2.45) is 0 Å². The molecule has 2 aromatic rings. The van der Waals surface area contributed by atoms with Crippen LogP contribution in [0.2, 0.25) is 0 Å². The number of alkyl halides is 3. The van der Waals surface area contributed by atoms with Crippen molar-refractivity contribution in [1.82, 2.24) is 4.90 Å². The Morgan fingerprint density at radius 2 is 1.81 bits per heavy atom. The number of anilines is 1. The van der Waals surface area contributed by atoms with Gasteiger partial charge in [0.25, 0.3) is 5.69 Å². The number of rotatable bonds is 6. The van der Waals surface area contributed by atoms with Crippen LogP contribution < -0.4 is 5.32 Å². The number of benzene rings is 2. The summed E-state index contributed by atoms with van der Waals surface area (Å²) >= 11 is 0. The van der Waals surface area contributed by atoms with Gasteiger partial charge in [0, 0.05) is 18.7 Å². The lowest BCUT2D eigenvalue weighted by Crippen LogP contribution is -2.30. The number of halogens is 3. The van der Waals surface area contributed by atoms with Crippen LogP contribution in [-0.4, -0.2) is 29.3 Å². The summed E-state index contributed by atoms with van der Waals surface area (Å²) in [5.41, 5.74) is 0.795. The van der Waals surface area contributed by atoms with Crippen molar-refractivity contribution in [3.8, 4) is 0 Å². The molecule has 6 nitrogen and oxygen atoms in total. The van der Waals surface area contributed by atoms with E-state index in [9.17, 15) is 28.1 Å². The van der Waals surface area contributed by atoms with Gasteiger partial charge >= 0.3 is 6.18 Å². The lowest BCUT2D eigenvalue weighted by atomic mass is 10.1. The summed E-state index contributed by atoms with van der Waals surface area (Å²) in [5, 5.41) is 13.4. The molecule has 1 amide bonds. The molecule has 144 valence electrons. The van der Waals surface area contributed by atoms with Crippen LogP contribution in [0.4, 0.5) is 24.5 Å². The molecular weight excluding hydrogens is 363 g/mol. The van der Waals surface area contributed by atoms with Crippen molar-refractivity contribution in [2.45, 2.75) is 19.6 Å². The molecule has 0 unspecified atom stereocenters. The fraction of sp³-hybridized carbons (Fsp3) is 0.278. The van der Waals surface area contributed by atoms with Crippen molar-refractivity contribution in [3.05, 3.63) is 69.3 Å². The van der Waals surface area contributed by atoms with Gasteiger partial charge in [-0.15, -0.1) is 0 Å². The van der Waals surface area contributed by atoms with E-state index in [-0.39, 0.29) is 24.7 Å². The minimum absolute atomic E-state index is 0.0246. The monoisotopic (exact) mass is 381 g/mol. The Labute approximate surface area is 153 Å². The van der Waals surface area contributed by atoms with E-state index in [1.807, 2.05) is 0 Å². The Balaban J connectivity index is 1.96. The second kappa shape index (κ2) is 8.17. The van der Waals surface area contributed by atoms with Gasteiger partial charge in [-0.25, -0.2) is 0 Å². The number of carbonyl (C=O) groups is 1. The zero-order valence-electron chi connectivity index (χ0n) is 14.7. The Bertz CT molecular complexity index is 836. The van der Waals surface area contributed by atoms with E-state index in [1.165, 1.54) is 24.3 Å². The second-order valence-electron chi connectivity index (χ2n) is 6.17. The third-order valence-electron chi connectivity index (χ3n) is 3.85. The summed E-state index contributed by atoms with van der Waals surface area (Å²) in [6, 6.07) is 8.89. The summed E-state index contributed by atoms with van der Waals surface area (Å²) in [4.78, 5) is 24.1. The molecule has 2 aromatic carbocycles. The molecule has 0 aromatic heterocycles. The van der Waals surface area contributed by atoms with Crippen LogP contribution in [-0.2, 0) is 17.5 Å². The topological polar surface area (TPSA) is 75.5 Å². The Morgan fingerprint density at radius 1 is 1.19 bits per heavy atom. The predicted molar refractivity (Wildman–Crippen MR) is 94.2 cm³/mol.